The second kappa shape index (κ2) is 10.3. The number of para-hydroxylation sites is 1. The van der Waals surface area contributed by atoms with Crippen molar-refractivity contribution in [2.24, 2.45) is 11.8 Å². The predicted octanol–water partition coefficient (Wildman–Crippen LogP) is 7.22. The second-order valence-electron chi connectivity index (χ2n) is 10.1. The molecule has 2 aromatic carbocycles. The van der Waals surface area contributed by atoms with E-state index in [1.807, 2.05) is 80.3 Å². The molecule has 0 bridgehead atoms. The number of nitrogens with one attached hydrogen (secondary N) is 1. The summed E-state index contributed by atoms with van der Waals surface area (Å²) >= 11 is 0. The van der Waals surface area contributed by atoms with E-state index in [1.54, 1.807) is 0 Å². The van der Waals surface area contributed by atoms with Crippen molar-refractivity contribution in [3.05, 3.63) is 66.7 Å². The number of rotatable bonds is 5. The maximum Gasteiger partial charge on any atom is 0.411 e. The summed E-state index contributed by atoms with van der Waals surface area (Å²) in [6, 6.07) is 17.7. The van der Waals surface area contributed by atoms with Gasteiger partial charge in [0.25, 0.3) is 0 Å². The number of piperidine rings is 1. The van der Waals surface area contributed by atoms with Gasteiger partial charge in [-0.2, -0.15) is 0 Å². The molecule has 1 aliphatic heterocycles. The first-order valence-corrected chi connectivity index (χ1v) is 12.1. The molecule has 2 aliphatic rings. The lowest BCUT2D eigenvalue weighted by atomic mass is 9.78. The van der Waals surface area contributed by atoms with E-state index >= 15 is 0 Å². The molecule has 1 fully saturated rings. The van der Waals surface area contributed by atoms with Crippen LogP contribution in [0.3, 0.4) is 0 Å². The molecule has 5 heteroatoms. The van der Waals surface area contributed by atoms with Crippen LogP contribution in [0.15, 0.2) is 66.7 Å². The molecule has 1 amide bonds. The smallest absolute Gasteiger partial charge is 0.411 e. The van der Waals surface area contributed by atoms with Crippen LogP contribution in [0.2, 0.25) is 0 Å². The van der Waals surface area contributed by atoms with Crippen LogP contribution < -0.4 is 10.1 Å². The van der Waals surface area contributed by atoms with Crippen molar-refractivity contribution >= 4 is 11.8 Å². The van der Waals surface area contributed by atoms with Crippen molar-refractivity contribution in [1.29, 1.82) is 0 Å². The average Bonchev–Trinajstić information content (AvgIpc) is 2.80. The van der Waals surface area contributed by atoms with E-state index in [2.05, 4.69) is 17.5 Å². The molecule has 0 saturated carbocycles. The number of nitrogens with zero attached hydrogens (tertiary/aromatic N) is 1. The Morgan fingerprint density at radius 2 is 1.73 bits per heavy atom. The van der Waals surface area contributed by atoms with E-state index in [0.717, 1.165) is 30.0 Å². The van der Waals surface area contributed by atoms with Crippen molar-refractivity contribution in [2.75, 3.05) is 11.9 Å². The van der Waals surface area contributed by atoms with Gasteiger partial charge in [-0.05, 0) is 101 Å². The Labute approximate surface area is 197 Å². The van der Waals surface area contributed by atoms with Gasteiger partial charge < -0.3 is 14.8 Å². The first-order chi connectivity index (χ1) is 15.9. The van der Waals surface area contributed by atoms with Gasteiger partial charge in [0.15, 0.2) is 0 Å². The number of likely N-dealkylation sites (tertiary alicyclic amines) is 1. The summed E-state index contributed by atoms with van der Waals surface area (Å²) in [5.74, 6) is 2.76. The third-order valence-electron chi connectivity index (χ3n) is 6.33. The summed E-state index contributed by atoms with van der Waals surface area (Å²) in [5.41, 5.74) is 0.454. The van der Waals surface area contributed by atoms with Gasteiger partial charge in [0.2, 0.25) is 0 Å². The molecule has 2 aromatic rings. The Hall–Kier alpha value is -2.95. The Morgan fingerprint density at radius 3 is 2.39 bits per heavy atom. The number of hydrogen-bond donors (Lipinski definition) is 1. The van der Waals surface area contributed by atoms with Crippen LogP contribution in [-0.4, -0.2) is 29.3 Å². The number of benzene rings is 2. The van der Waals surface area contributed by atoms with Crippen LogP contribution in [0.5, 0.6) is 11.5 Å². The molecule has 1 N–H and O–H groups in total. The van der Waals surface area contributed by atoms with Gasteiger partial charge in [-0.3, -0.25) is 4.90 Å². The fourth-order valence-electron chi connectivity index (χ4n) is 4.73. The van der Waals surface area contributed by atoms with Gasteiger partial charge in [0.1, 0.15) is 23.3 Å². The average molecular weight is 449 g/mol. The molecule has 0 radical (unpaired) electrons. The third kappa shape index (κ3) is 6.53. The highest BCUT2D eigenvalue weighted by atomic mass is 16.6. The van der Waals surface area contributed by atoms with Crippen LogP contribution in [0.1, 0.15) is 52.9 Å². The second-order valence-corrected chi connectivity index (χ2v) is 10.1. The fraction of sp³-hybridized carbons (Fsp3) is 0.464. The highest BCUT2D eigenvalue weighted by molar-refractivity contribution is 5.69. The molecular formula is C28H36N2O3. The molecule has 33 heavy (non-hydrogen) atoms. The minimum atomic E-state index is -0.513. The highest BCUT2D eigenvalue weighted by Gasteiger charge is 2.36. The number of carbonyl (C=O) groups excluding carboxylic acids is 1. The van der Waals surface area contributed by atoms with Crippen molar-refractivity contribution in [1.82, 2.24) is 4.90 Å². The molecule has 176 valence electrons. The summed E-state index contributed by atoms with van der Waals surface area (Å²) in [4.78, 5) is 14.8. The molecule has 1 saturated heterocycles. The minimum Gasteiger partial charge on any atom is -0.457 e. The molecular weight excluding hydrogens is 412 g/mol. The van der Waals surface area contributed by atoms with E-state index in [9.17, 15) is 4.79 Å². The lowest BCUT2D eigenvalue weighted by Gasteiger charge is -2.42. The maximum absolute atomic E-state index is 13.0. The molecule has 1 aliphatic carbocycles. The molecule has 4 rings (SSSR count). The van der Waals surface area contributed by atoms with Crippen LogP contribution in [0.25, 0.3) is 0 Å². The molecule has 0 aromatic heterocycles. The van der Waals surface area contributed by atoms with E-state index in [4.69, 9.17) is 9.47 Å². The van der Waals surface area contributed by atoms with E-state index in [0.29, 0.717) is 18.4 Å². The number of amides is 1. The van der Waals surface area contributed by atoms with Gasteiger partial charge >= 0.3 is 6.09 Å². The van der Waals surface area contributed by atoms with Crippen LogP contribution in [-0.2, 0) is 4.74 Å². The molecule has 5 nitrogen and oxygen atoms in total. The van der Waals surface area contributed by atoms with Gasteiger partial charge in [-0.15, -0.1) is 0 Å². The van der Waals surface area contributed by atoms with E-state index in [1.165, 1.54) is 19.3 Å². The monoisotopic (exact) mass is 448 g/mol. The fourth-order valence-corrected chi connectivity index (χ4v) is 4.73. The molecule has 3 unspecified atom stereocenters. The topological polar surface area (TPSA) is 50.8 Å². The number of ether oxygens (including phenoxy) is 2. The highest BCUT2D eigenvalue weighted by Crippen LogP contribution is 2.36. The molecule has 3 atom stereocenters. The van der Waals surface area contributed by atoms with Gasteiger partial charge in [0.05, 0.1) is 0 Å². The van der Waals surface area contributed by atoms with Gasteiger partial charge in [-0.25, -0.2) is 4.79 Å². The lowest BCUT2D eigenvalue weighted by molar-refractivity contribution is 0.00571. The zero-order valence-electron chi connectivity index (χ0n) is 20.0. The zero-order chi connectivity index (χ0) is 23.3. The third-order valence-corrected chi connectivity index (χ3v) is 6.33. The quantitative estimate of drug-likeness (QED) is 0.491. The Bertz CT molecular complexity index is 934. The number of anilines is 1. The summed E-state index contributed by atoms with van der Waals surface area (Å²) in [5, 5.41) is 3.60. The molecule has 1 heterocycles. The zero-order valence-corrected chi connectivity index (χ0v) is 20.0. The molecule has 0 spiro atoms. The first kappa shape index (κ1) is 23.2. The summed E-state index contributed by atoms with van der Waals surface area (Å²) in [6.07, 6.45) is 9.97. The van der Waals surface area contributed by atoms with Gasteiger partial charge in [0, 0.05) is 12.2 Å². The number of carbonyl (C=O) groups is 1. The minimum absolute atomic E-state index is 0.102. The largest absolute Gasteiger partial charge is 0.457 e. The SMILES string of the molecule is CC(C)(C)OC(=O)N1CCC(C2C=CCCC2)CC1Nc1ccc(Oc2ccccc2)cc1. The summed E-state index contributed by atoms with van der Waals surface area (Å²) < 4.78 is 11.6. The Morgan fingerprint density at radius 1 is 1.00 bits per heavy atom. The number of allylic oxidation sites excluding steroid dienone is 2. The van der Waals surface area contributed by atoms with Crippen molar-refractivity contribution < 1.29 is 14.3 Å². The van der Waals surface area contributed by atoms with Crippen molar-refractivity contribution in [3.63, 3.8) is 0 Å². The standard InChI is InChI=1S/C28H36N2O3/c1-28(2,3)33-27(31)30-19-18-22(21-10-6-4-7-11-21)20-26(30)29-23-14-16-25(17-15-23)32-24-12-8-5-9-13-24/h5-6,8-10,12-17,21-22,26,29H,4,7,11,18-20H2,1-3H3. The van der Waals surface area contributed by atoms with Crippen LogP contribution in [0.4, 0.5) is 10.5 Å². The van der Waals surface area contributed by atoms with Gasteiger partial charge in [-0.1, -0.05) is 30.4 Å². The summed E-state index contributed by atoms with van der Waals surface area (Å²) in [6.45, 7) is 6.45. The lowest BCUT2D eigenvalue weighted by Crippen LogP contribution is -2.52. The van der Waals surface area contributed by atoms with Crippen LogP contribution in [0, 0.1) is 11.8 Å². The number of hydrogen-bond acceptors (Lipinski definition) is 4. The Balaban J connectivity index is 1.46. The van der Waals surface area contributed by atoms with E-state index in [-0.39, 0.29) is 12.3 Å². The van der Waals surface area contributed by atoms with Crippen LogP contribution >= 0.6 is 0 Å². The van der Waals surface area contributed by atoms with E-state index < -0.39 is 5.60 Å². The normalized spacial score (nSPS) is 23.1. The predicted molar refractivity (Wildman–Crippen MR) is 133 cm³/mol. The summed E-state index contributed by atoms with van der Waals surface area (Å²) in [7, 11) is 0. The maximum atomic E-state index is 13.0. The van der Waals surface area contributed by atoms with Crippen molar-refractivity contribution in [2.45, 2.75) is 64.6 Å². The Kier molecular flexibility index (Phi) is 7.26. The first-order valence-electron chi connectivity index (χ1n) is 12.1. The van der Waals surface area contributed by atoms with Crippen molar-refractivity contribution in [3.8, 4) is 11.5 Å².